The molecule has 1 aromatic rings. The minimum absolute atomic E-state index is 0. The molecule has 1 aliphatic rings. The van der Waals surface area contributed by atoms with Crippen LogP contribution in [0.4, 0.5) is 5.69 Å². The fourth-order valence-corrected chi connectivity index (χ4v) is 2.02. The van der Waals surface area contributed by atoms with Gasteiger partial charge in [0.25, 0.3) is 0 Å². The average Bonchev–Trinajstić information content (AvgIpc) is 2.87. The van der Waals surface area contributed by atoms with E-state index in [2.05, 4.69) is 17.6 Å². The Morgan fingerprint density at radius 3 is 2.80 bits per heavy atom. The van der Waals surface area contributed by atoms with Gasteiger partial charge in [0.2, 0.25) is 12.7 Å². The number of amides is 1. The monoisotopic (exact) mass is 299 g/mol. The zero-order valence-electron chi connectivity index (χ0n) is 11.7. The van der Waals surface area contributed by atoms with Crippen molar-refractivity contribution >= 4 is 11.6 Å². The van der Waals surface area contributed by atoms with E-state index in [-0.39, 0.29) is 31.1 Å². The van der Waals surface area contributed by atoms with Crippen LogP contribution in [0, 0.1) is 0 Å². The van der Waals surface area contributed by atoms with Crippen LogP contribution in [0.25, 0.3) is 0 Å². The van der Waals surface area contributed by atoms with Gasteiger partial charge in [-0.2, -0.15) is 0 Å². The highest BCUT2D eigenvalue weighted by molar-refractivity contribution is 5.95. The largest absolute Gasteiger partial charge is 1.00 e. The fraction of sp³-hybridized carbons (Fsp3) is 0.500. The van der Waals surface area contributed by atoms with Crippen LogP contribution in [0.5, 0.6) is 11.5 Å². The second-order valence-corrected chi connectivity index (χ2v) is 4.54. The number of likely N-dealkylation sites (N-methyl/N-ethyl adjacent to an activating group) is 1. The Morgan fingerprint density at radius 1 is 1.35 bits per heavy atom. The molecule has 0 aromatic heterocycles. The molecular weight excluding hydrogens is 280 g/mol. The number of unbranched alkanes of at least 4 members (excludes halogenated alkanes) is 1. The first-order chi connectivity index (χ1) is 9.24. The van der Waals surface area contributed by atoms with Gasteiger partial charge in [-0.1, -0.05) is 19.8 Å². The molecule has 0 aliphatic carbocycles. The Bertz CT molecular complexity index is 454. The molecule has 1 unspecified atom stereocenters. The lowest BCUT2D eigenvalue weighted by atomic mass is 10.1. The summed E-state index contributed by atoms with van der Waals surface area (Å²) in [4.78, 5) is 12.1. The van der Waals surface area contributed by atoms with Crippen molar-refractivity contribution < 1.29 is 26.7 Å². The molecule has 1 amide bonds. The van der Waals surface area contributed by atoms with Crippen molar-refractivity contribution in [2.45, 2.75) is 32.2 Å². The highest BCUT2D eigenvalue weighted by atomic mass is 35.5. The molecular formula is C14H20ClN2O3-. The van der Waals surface area contributed by atoms with E-state index in [0.29, 0.717) is 11.5 Å². The summed E-state index contributed by atoms with van der Waals surface area (Å²) in [5.41, 5.74) is 0.728. The number of rotatable bonds is 6. The van der Waals surface area contributed by atoms with Crippen LogP contribution in [0.15, 0.2) is 18.2 Å². The normalized spacial score (nSPS) is 13.5. The van der Waals surface area contributed by atoms with Crippen LogP contribution >= 0.6 is 0 Å². The SMILES string of the molecule is CCCCC(NC)C(=O)Nc1ccc2c(c1)OCO2.[Cl-]. The molecule has 0 fully saturated rings. The zero-order valence-corrected chi connectivity index (χ0v) is 12.5. The summed E-state index contributed by atoms with van der Waals surface area (Å²) in [6, 6.07) is 5.24. The highest BCUT2D eigenvalue weighted by Crippen LogP contribution is 2.34. The zero-order chi connectivity index (χ0) is 13.7. The molecule has 1 aromatic carbocycles. The number of carbonyl (C=O) groups excluding carboxylic acids is 1. The predicted molar refractivity (Wildman–Crippen MR) is 73.6 cm³/mol. The summed E-state index contributed by atoms with van der Waals surface area (Å²) in [6.07, 6.45) is 2.94. The quantitative estimate of drug-likeness (QED) is 0.717. The second kappa shape index (κ2) is 7.97. The standard InChI is InChI=1S/C14H20N2O3.ClH/c1-3-4-5-11(15-2)14(17)16-10-6-7-12-13(8-10)19-9-18-12;/h6-8,11,15H,3-5,9H2,1-2H3,(H,16,17);1H/p-1. The molecule has 0 bridgehead atoms. The number of benzene rings is 1. The van der Waals surface area contributed by atoms with Crippen molar-refractivity contribution in [1.29, 1.82) is 0 Å². The smallest absolute Gasteiger partial charge is 0.241 e. The number of halogens is 1. The Morgan fingerprint density at radius 2 is 2.10 bits per heavy atom. The first-order valence-electron chi connectivity index (χ1n) is 6.62. The van der Waals surface area contributed by atoms with E-state index in [9.17, 15) is 4.79 Å². The maximum atomic E-state index is 12.1. The van der Waals surface area contributed by atoms with Crippen molar-refractivity contribution in [3.63, 3.8) is 0 Å². The van der Waals surface area contributed by atoms with Gasteiger partial charge in [0.1, 0.15) is 0 Å². The lowest BCUT2D eigenvalue weighted by Gasteiger charge is -2.15. The fourth-order valence-electron chi connectivity index (χ4n) is 2.02. The molecule has 0 saturated heterocycles. The highest BCUT2D eigenvalue weighted by Gasteiger charge is 2.18. The number of hydrogen-bond donors (Lipinski definition) is 2. The predicted octanol–water partition coefficient (Wildman–Crippen LogP) is -0.864. The molecule has 1 atom stereocenters. The number of fused-ring (bicyclic) bond motifs is 1. The molecule has 112 valence electrons. The minimum Gasteiger partial charge on any atom is -1.00 e. The average molecular weight is 300 g/mol. The van der Waals surface area contributed by atoms with Gasteiger partial charge in [-0.15, -0.1) is 0 Å². The van der Waals surface area contributed by atoms with E-state index in [0.717, 1.165) is 24.9 Å². The summed E-state index contributed by atoms with van der Waals surface area (Å²) >= 11 is 0. The Balaban J connectivity index is 0.00000200. The van der Waals surface area contributed by atoms with Crippen molar-refractivity contribution in [2.24, 2.45) is 0 Å². The third-order valence-corrected chi connectivity index (χ3v) is 3.15. The van der Waals surface area contributed by atoms with Gasteiger partial charge in [0.15, 0.2) is 11.5 Å². The van der Waals surface area contributed by atoms with Gasteiger partial charge in [-0.25, -0.2) is 0 Å². The number of carbonyl (C=O) groups is 1. The number of hydrogen-bond acceptors (Lipinski definition) is 4. The Labute approximate surface area is 125 Å². The van der Waals surface area contributed by atoms with Gasteiger partial charge in [-0.05, 0) is 25.6 Å². The van der Waals surface area contributed by atoms with Gasteiger partial charge in [0, 0.05) is 11.8 Å². The van der Waals surface area contributed by atoms with Gasteiger partial charge in [-0.3, -0.25) is 4.79 Å². The summed E-state index contributed by atoms with van der Waals surface area (Å²) in [5.74, 6) is 1.37. The summed E-state index contributed by atoms with van der Waals surface area (Å²) in [7, 11) is 1.81. The van der Waals surface area contributed by atoms with Crippen LogP contribution in [0.3, 0.4) is 0 Å². The van der Waals surface area contributed by atoms with E-state index >= 15 is 0 Å². The molecule has 0 radical (unpaired) electrons. The van der Waals surface area contributed by atoms with E-state index in [4.69, 9.17) is 9.47 Å². The Hall–Kier alpha value is -1.46. The van der Waals surface area contributed by atoms with E-state index in [1.165, 1.54) is 0 Å². The molecule has 5 nitrogen and oxygen atoms in total. The van der Waals surface area contributed by atoms with Crippen molar-refractivity contribution in [3.8, 4) is 11.5 Å². The Kier molecular flexibility index (Phi) is 6.61. The van der Waals surface area contributed by atoms with E-state index < -0.39 is 0 Å². The first-order valence-corrected chi connectivity index (χ1v) is 6.62. The third-order valence-electron chi connectivity index (χ3n) is 3.15. The molecule has 20 heavy (non-hydrogen) atoms. The summed E-state index contributed by atoms with van der Waals surface area (Å²) in [6.45, 7) is 2.35. The van der Waals surface area contributed by atoms with Crippen LogP contribution < -0.4 is 32.5 Å². The molecule has 0 saturated carbocycles. The van der Waals surface area contributed by atoms with Crippen molar-refractivity contribution in [3.05, 3.63) is 18.2 Å². The van der Waals surface area contributed by atoms with Crippen LogP contribution in [0.1, 0.15) is 26.2 Å². The maximum absolute atomic E-state index is 12.1. The molecule has 1 heterocycles. The van der Waals surface area contributed by atoms with E-state index in [1.54, 1.807) is 19.2 Å². The van der Waals surface area contributed by atoms with Gasteiger partial charge in [0.05, 0.1) is 6.04 Å². The summed E-state index contributed by atoms with van der Waals surface area (Å²) in [5, 5.41) is 5.94. The van der Waals surface area contributed by atoms with Crippen LogP contribution in [-0.4, -0.2) is 25.8 Å². The topological polar surface area (TPSA) is 59.6 Å². The molecule has 6 heteroatoms. The minimum atomic E-state index is -0.162. The number of ether oxygens (including phenoxy) is 2. The number of nitrogens with one attached hydrogen (secondary N) is 2. The van der Waals surface area contributed by atoms with Gasteiger partial charge < -0.3 is 32.5 Å². The molecule has 1 aliphatic heterocycles. The second-order valence-electron chi connectivity index (χ2n) is 4.54. The lowest BCUT2D eigenvalue weighted by Crippen LogP contribution is -3.00. The third kappa shape index (κ3) is 4.02. The van der Waals surface area contributed by atoms with Crippen LogP contribution in [-0.2, 0) is 4.79 Å². The van der Waals surface area contributed by atoms with Gasteiger partial charge >= 0.3 is 0 Å². The van der Waals surface area contributed by atoms with Crippen LogP contribution in [0.2, 0.25) is 0 Å². The number of anilines is 1. The molecule has 2 rings (SSSR count). The molecule has 2 N–H and O–H groups in total. The maximum Gasteiger partial charge on any atom is 0.241 e. The van der Waals surface area contributed by atoms with Crippen molar-refractivity contribution in [2.75, 3.05) is 19.2 Å². The van der Waals surface area contributed by atoms with E-state index in [1.807, 2.05) is 6.07 Å². The van der Waals surface area contributed by atoms with Crippen molar-refractivity contribution in [1.82, 2.24) is 5.32 Å². The first kappa shape index (κ1) is 16.6. The summed E-state index contributed by atoms with van der Waals surface area (Å²) < 4.78 is 10.5. The molecule has 0 spiro atoms. The lowest BCUT2D eigenvalue weighted by molar-refractivity contribution is -0.118.